The number of halogens is 1. The Morgan fingerprint density at radius 2 is 1.90 bits per heavy atom. The zero-order valence-electron chi connectivity index (χ0n) is 14.7. The molecule has 1 aromatic heterocycles. The number of carbonyl (C=O) groups is 1. The predicted octanol–water partition coefficient (Wildman–Crippen LogP) is 1.78. The fourth-order valence-corrected chi connectivity index (χ4v) is 5.26. The van der Waals surface area contributed by atoms with Crippen molar-refractivity contribution in [2.75, 3.05) is 11.8 Å². The van der Waals surface area contributed by atoms with E-state index < -0.39 is 21.8 Å². The summed E-state index contributed by atoms with van der Waals surface area (Å²) in [5.41, 5.74) is 0.172. The van der Waals surface area contributed by atoms with E-state index in [9.17, 15) is 18.3 Å². The highest BCUT2D eigenvalue weighted by atomic mass is 79.9. The van der Waals surface area contributed by atoms with Crippen molar-refractivity contribution < 1.29 is 23.1 Å². The molecule has 8 nitrogen and oxygen atoms in total. The third kappa shape index (κ3) is 3.63. The van der Waals surface area contributed by atoms with Crippen molar-refractivity contribution in [2.45, 2.75) is 4.90 Å². The van der Waals surface area contributed by atoms with Crippen LogP contribution in [0.4, 0.5) is 5.13 Å². The first-order valence-corrected chi connectivity index (χ1v) is 11.2. The summed E-state index contributed by atoms with van der Waals surface area (Å²) in [7, 11) is -2.46. The van der Waals surface area contributed by atoms with E-state index in [0.717, 1.165) is 15.8 Å². The minimum Gasteiger partial charge on any atom is -0.497 e. The number of nitrogens with one attached hydrogen (secondary N) is 1. The van der Waals surface area contributed by atoms with Crippen LogP contribution < -0.4 is 20.0 Å². The molecule has 0 atom stereocenters. The van der Waals surface area contributed by atoms with Gasteiger partial charge in [0.2, 0.25) is 11.0 Å². The molecule has 0 saturated carbocycles. The van der Waals surface area contributed by atoms with Crippen LogP contribution in [0.5, 0.6) is 11.6 Å². The van der Waals surface area contributed by atoms with Gasteiger partial charge in [-0.1, -0.05) is 27.3 Å². The second-order valence-corrected chi connectivity index (χ2v) is 9.50. The number of aromatic hydroxyl groups is 1. The van der Waals surface area contributed by atoms with E-state index >= 15 is 0 Å². The molecule has 0 bridgehead atoms. The van der Waals surface area contributed by atoms with E-state index in [1.54, 1.807) is 18.2 Å². The first-order chi connectivity index (χ1) is 13.8. The smallest absolute Gasteiger partial charge is 0.279 e. The molecule has 1 aliphatic heterocycles. The lowest BCUT2D eigenvalue weighted by Gasteiger charge is -2.05. The van der Waals surface area contributed by atoms with Crippen molar-refractivity contribution in [1.82, 2.24) is 4.98 Å². The number of ether oxygens (including phenoxy) is 1. The average molecular weight is 494 g/mol. The second kappa shape index (κ2) is 7.25. The Labute approximate surface area is 177 Å². The molecule has 1 amide bonds. The Kier molecular flexibility index (Phi) is 4.89. The number of hydrogen-bond acceptors (Lipinski definition) is 7. The van der Waals surface area contributed by atoms with Crippen LogP contribution in [0.2, 0.25) is 0 Å². The highest BCUT2D eigenvalue weighted by Gasteiger charge is 2.26. The van der Waals surface area contributed by atoms with Crippen molar-refractivity contribution in [3.05, 3.63) is 62.4 Å². The molecule has 1 aliphatic rings. The molecule has 0 unspecified atom stereocenters. The SMILES string of the molecule is COc1ccc(S(=O)(=O)Nc2nc(O)c(C3=c4cc(Br)ccc4=NC3=O)s2)cc1. The molecule has 11 heteroatoms. The average Bonchev–Trinajstić information content (AvgIpc) is 3.19. The van der Waals surface area contributed by atoms with Gasteiger partial charge in [0.25, 0.3) is 15.9 Å². The Morgan fingerprint density at radius 1 is 1.17 bits per heavy atom. The number of thiazole rings is 1. The highest BCUT2D eigenvalue weighted by molar-refractivity contribution is 9.10. The van der Waals surface area contributed by atoms with Gasteiger partial charge in [-0.3, -0.25) is 9.52 Å². The quantitative estimate of drug-likeness (QED) is 0.559. The minimum atomic E-state index is -3.94. The maximum atomic E-state index is 12.6. The number of aromatic nitrogens is 1. The zero-order valence-corrected chi connectivity index (χ0v) is 17.9. The van der Waals surface area contributed by atoms with E-state index in [1.165, 1.54) is 31.4 Å². The summed E-state index contributed by atoms with van der Waals surface area (Å²) in [6.45, 7) is 0. The predicted molar refractivity (Wildman–Crippen MR) is 110 cm³/mol. The van der Waals surface area contributed by atoms with Gasteiger partial charge in [0.15, 0.2) is 0 Å². The van der Waals surface area contributed by atoms with Gasteiger partial charge in [0.05, 0.1) is 22.9 Å². The number of methoxy groups -OCH3 is 1. The summed E-state index contributed by atoms with van der Waals surface area (Å²) in [5, 5.41) is 11.2. The van der Waals surface area contributed by atoms with E-state index in [4.69, 9.17) is 4.74 Å². The molecular weight excluding hydrogens is 482 g/mol. The molecule has 0 spiro atoms. The van der Waals surface area contributed by atoms with E-state index in [1.807, 2.05) is 0 Å². The number of sulfonamides is 1. The molecule has 148 valence electrons. The van der Waals surface area contributed by atoms with E-state index in [-0.39, 0.29) is 20.5 Å². The Balaban J connectivity index is 1.73. The Morgan fingerprint density at radius 3 is 2.59 bits per heavy atom. The summed E-state index contributed by atoms with van der Waals surface area (Å²) in [6, 6.07) is 10.9. The maximum Gasteiger partial charge on any atom is 0.279 e. The van der Waals surface area contributed by atoms with Crippen molar-refractivity contribution >= 4 is 53.9 Å². The van der Waals surface area contributed by atoms with Crippen molar-refractivity contribution in [3.63, 3.8) is 0 Å². The molecule has 2 aromatic carbocycles. The summed E-state index contributed by atoms with van der Waals surface area (Å²) < 4.78 is 33.2. The molecule has 2 heterocycles. The number of anilines is 1. The van der Waals surface area contributed by atoms with Crippen molar-refractivity contribution in [3.8, 4) is 11.6 Å². The van der Waals surface area contributed by atoms with Gasteiger partial charge in [-0.05, 0) is 42.5 Å². The highest BCUT2D eigenvalue weighted by Crippen LogP contribution is 2.35. The van der Waals surface area contributed by atoms with Crippen LogP contribution in [0.3, 0.4) is 0 Å². The lowest BCUT2D eigenvalue weighted by Crippen LogP contribution is -2.22. The van der Waals surface area contributed by atoms with Gasteiger partial charge in [0, 0.05) is 9.69 Å². The van der Waals surface area contributed by atoms with Crippen molar-refractivity contribution in [2.24, 2.45) is 4.99 Å². The summed E-state index contributed by atoms with van der Waals surface area (Å²) in [5.74, 6) is -0.460. The summed E-state index contributed by atoms with van der Waals surface area (Å²) in [6.07, 6.45) is 0. The third-order valence-corrected chi connectivity index (χ3v) is 7.05. The zero-order chi connectivity index (χ0) is 20.8. The number of fused-ring (bicyclic) bond motifs is 1. The van der Waals surface area contributed by atoms with Gasteiger partial charge >= 0.3 is 0 Å². The largest absolute Gasteiger partial charge is 0.497 e. The minimum absolute atomic E-state index is 0.00316. The fraction of sp³-hybridized carbons (Fsp3) is 0.0556. The van der Waals surface area contributed by atoms with Gasteiger partial charge in [-0.25, -0.2) is 13.4 Å². The first-order valence-electron chi connectivity index (χ1n) is 8.08. The van der Waals surface area contributed by atoms with E-state index in [2.05, 4.69) is 30.6 Å². The summed E-state index contributed by atoms with van der Waals surface area (Å²) >= 11 is 4.19. The number of amides is 1. The van der Waals surface area contributed by atoms with Crippen molar-refractivity contribution in [1.29, 1.82) is 0 Å². The van der Waals surface area contributed by atoms with Crippen LogP contribution in [-0.2, 0) is 14.8 Å². The van der Waals surface area contributed by atoms with Crippen LogP contribution >= 0.6 is 27.3 Å². The number of hydrogen-bond donors (Lipinski definition) is 2. The van der Waals surface area contributed by atoms with Gasteiger partial charge < -0.3 is 9.84 Å². The molecular formula is C18H12BrN3O5S2. The molecule has 0 fully saturated rings. The van der Waals surface area contributed by atoms with Crippen LogP contribution in [0.25, 0.3) is 5.57 Å². The molecule has 0 aliphatic carbocycles. The fourth-order valence-electron chi connectivity index (χ4n) is 2.75. The maximum absolute atomic E-state index is 12.6. The molecule has 0 radical (unpaired) electrons. The lowest BCUT2D eigenvalue weighted by molar-refractivity contribution is -0.112. The number of benzene rings is 2. The van der Waals surface area contributed by atoms with Crippen LogP contribution in [0.1, 0.15) is 4.88 Å². The molecule has 4 rings (SSSR count). The number of carbonyl (C=O) groups excluding carboxylic acids is 1. The Bertz CT molecular complexity index is 1370. The molecule has 3 aromatic rings. The van der Waals surface area contributed by atoms with Crippen LogP contribution in [0, 0.1) is 0 Å². The lowest BCUT2D eigenvalue weighted by atomic mass is 10.1. The molecule has 29 heavy (non-hydrogen) atoms. The van der Waals surface area contributed by atoms with Crippen LogP contribution in [0.15, 0.2) is 56.8 Å². The van der Waals surface area contributed by atoms with E-state index in [0.29, 0.717) is 16.3 Å². The topological polar surface area (TPSA) is 118 Å². The number of nitrogens with zero attached hydrogens (tertiary/aromatic N) is 2. The Hall–Kier alpha value is -2.76. The monoisotopic (exact) mass is 493 g/mol. The van der Waals surface area contributed by atoms with Gasteiger partial charge in [0.1, 0.15) is 10.6 Å². The first kappa shape index (κ1) is 19.6. The molecule has 2 N–H and O–H groups in total. The molecule has 0 saturated heterocycles. The summed E-state index contributed by atoms with van der Waals surface area (Å²) in [4.78, 5) is 20.3. The third-order valence-electron chi connectivity index (χ3n) is 4.09. The van der Waals surface area contributed by atoms with Gasteiger partial charge in [-0.2, -0.15) is 4.98 Å². The second-order valence-electron chi connectivity index (χ2n) is 5.91. The standard InChI is InChI=1S/C18H12BrN3O5S2/c1-27-10-3-5-11(6-4-10)29(25,26)22-18-21-17(24)15(28-18)14-12-8-9(19)2-7-13(12)20-16(14)23/h2-8,24H,1H3,(H,21,22). The van der Waals surface area contributed by atoms with Gasteiger partial charge in [-0.15, -0.1) is 0 Å². The van der Waals surface area contributed by atoms with Crippen LogP contribution in [-0.4, -0.2) is 31.5 Å². The number of rotatable bonds is 5. The normalized spacial score (nSPS) is 13.2.